The van der Waals surface area contributed by atoms with Crippen LogP contribution in [0.2, 0.25) is 0 Å². The van der Waals surface area contributed by atoms with E-state index in [1.54, 1.807) is 12.3 Å². The molecular weight excluding hydrogens is 305 g/mol. The number of aromatic amines is 1. The number of nitrogens with one attached hydrogen (secondary N) is 2. The molecule has 1 atom stereocenters. The van der Waals surface area contributed by atoms with Crippen molar-refractivity contribution in [1.82, 2.24) is 10.3 Å². The molecule has 0 saturated carbocycles. The van der Waals surface area contributed by atoms with Crippen molar-refractivity contribution < 1.29 is 4.79 Å². The number of rotatable bonds is 4. The number of halogens is 1. The molecule has 80 valence electrons. The van der Waals surface area contributed by atoms with E-state index in [2.05, 4.69) is 39.0 Å². The van der Waals surface area contributed by atoms with Gasteiger partial charge < -0.3 is 10.3 Å². The molecule has 0 aliphatic carbocycles. The molecule has 0 bridgehead atoms. The quantitative estimate of drug-likeness (QED) is 0.835. The summed E-state index contributed by atoms with van der Waals surface area (Å²) in [6.45, 7) is 1.98. The Morgan fingerprint density at radius 1 is 1.80 bits per heavy atom. The molecule has 0 aromatic carbocycles. The van der Waals surface area contributed by atoms with Gasteiger partial charge >= 0.3 is 0 Å². The fourth-order valence-corrected chi connectivity index (χ4v) is 1.66. The molecule has 0 aliphatic rings. The summed E-state index contributed by atoms with van der Waals surface area (Å²) in [6, 6.07) is 3.41. The summed E-state index contributed by atoms with van der Waals surface area (Å²) in [5.74, 6) is -0.224. The Morgan fingerprint density at radius 2 is 2.53 bits per heavy atom. The second-order valence-corrected chi connectivity index (χ2v) is 4.42. The summed E-state index contributed by atoms with van der Waals surface area (Å²) in [4.78, 5) is 14.5. The molecule has 0 aliphatic heterocycles. The van der Waals surface area contributed by atoms with Crippen molar-refractivity contribution in [2.75, 3.05) is 0 Å². The molecule has 1 heterocycles. The smallest absolute Gasteiger partial charge is 0.268 e. The lowest BCUT2D eigenvalue weighted by molar-refractivity contribution is 0.0939. The van der Waals surface area contributed by atoms with E-state index in [9.17, 15) is 4.79 Å². The summed E-state index contributed by atoms with van der Waals surface area (Å²) in [5, 5.41) is 11.4. The second kappa shape index (κ2) is 5.75. The maximum Gasteiger partial charge on any atom is 0.268 e. The SMILES string of the molecule is CCCC(C#N)NC(=O)c1cc(I)c[nH]1. The Balaban J connectivity index is 2.59. The molecular formula is C10H12IN3O. The highest BCUT2D eigenvalue weighted by Gasteiger charge is 2.13. The predicted molar refractivity (Wildman–Crippen MR) is 65.3 cm³/mol. The van der Waals surface area contributed by atoms with Crippen LogP contribution >= 0.6 is 22.6 Å². The van der Waals surface area contributed by atoms with Gasteiger partial charge in [-0.15, -0.1) is 0 Å². The average molecular weight is 317 g/mol. The number of H-pyrrole nitrogens is 1. The summed E-state index contributed by atoms with van der Waals surface area (Å²) in [5.41, 5.74) is 0.496. The average Bonchev–Trinajstić information content (AvgIpc) is 2.64. The van der Waals surface area contributed by atoms with Crippen molar-refractivity contribution in [3.8, 4) is 6.07 Å². The molecule has 1 aromatic rings. The molecule has 1 aromatic heterocycles. The third-order valence-electron chi connectivity index (χ3n) is 1.93. The lowest BCUT2D eigenvalue weighted by atomic mass is 10.2. The van der Waals surface area contributed by atoms with Gasteiger partial charge in [0.1, 0.15) is 11.7 Å². The highest BCUT2D eigenvalue weighted by Crippen LogP contribution is 2.06. The minimum Gasteiger partial charge on any atom is -0.356 e. The maximum atomic E-state index is 11.6. The Labute approximate surface area is 102 Å². The minimum atomic E-state index is -0.400. The summed E-state index contributed by atoms with van der Waals surface area (Å²) in [6.07, 6.45) is 3.30. The number of hydrogen-bond donors (Lipinski definition) is 2. The topological polar surface area (TPSA) is 68.7 Å². The van der Waals surface area contributed by atoms with Crippen molar-refractivity contribution in [3.05, 3.63) is 21.5 Å². The van der Waals surface area contributed by atoms with E-state index in [4.69, 9.17) is 5.26 Å². The van der Waals surface area contributed by atoms with Crippen LogP contribution in [0.3, 0.4) is 0 Å². The zero-order valence-electron chi connectivity index (χ0n) is 8.38. The van der Waals surface area contributed by atoms with Gasteiger partial charge in [-0.05, 0) is 35.1 Å². The van der Waals surface area contributed by atoms with Gasteiger partial charge in [-0.25, -0.2) is 0 Å². The van der Waals surface area contributed by atoms with E-state index >= 15 is 0 Å². The number of amides is 1. The second-order valence-electron chi connectivity index (χ2n) is 3.18. The Bertz CT molecular complexity index is 380. The molecule has 1 rings (SSSR count). The van der Waals surface area contributed by atoms with Crippen LogP contribution in [0.25, 0.3) is 0 Å². The van der Waals surface area contributed by atoms with Crippen LogP contribution in [-0.4, -0.2) is 16.9 Å². The first kappa shape index (κ1) is 12.0. The van der Waals surface area contributed by atoms with Gasteiger partial charge in [0.05, 0.1) is 6.07 Å². The molecule has 2 N–H and O–H groups in total. The fraction of sp³-hybridized carbons (Fsp3) is 0.400. The zero-order chi connectivity index (χ0) is 11.3. The largest absolute Gasteiger partial charge is 0.356 e. The number of nitriles is 1. The first-order valence-electron chi connectivity index (χ1n) is 4.71. The zero-order valence-corrected chi connectivity index (χ0v) is 10.5. The highest BCUT2D eigenvalue weighted by atomic mass is 127. The third kappa shape index (κ3) is 3.55. The normalized spacial score (nSPS) is 11.8. The fourth-order valence-electron chi connectivity index (χ4n) is 1.19. The van der Waals surface area contributed by atoms with Crippen LogP contribution in [0.5, 0.6) is 0 Å². The monoisotopic (exact) mass is 317 g/mol. The van der Waals surface area contributed by atoms with E-state index < -0.39 is 6.04 Å². The lowest BCUT2D eigenvalue weighted by Crippen LogP contribution is -2.33. The van der Waals surface area contributed by atoms with Gasteiger partial charge in [0, 0.05) is 9.77 Å². The van der Waals surface area contributed by atoms with Gasteiger partial charge in [0.25, 0.3) is 5.91 Å². The molecule has 4 nitrogen and oxygen atoms in total. The number of hydrogen-bond acceptors (Lipinski definition) is 2. The molecule has 0 radical (unpaired) electrons. The van der Waals surface area contributed by atoms with Crippen LogP contribution in [0, 0.1) is 14.9 Å². The molecule has 15 heavy (non-hydrogen) atoms. The predicted octanol–water partition coefficient (Wildman–Crippen LogP) is 2.04. The van der Waals surface area contributed by atoms with E-state index in [1.807, 2.05) is 6.92 Å². The van der Waals surface area contributed by atoms with Gasteiger partial charge in [-0.2, -0.15) is 5.26 Å². The van der Waals surface area contributed by atoms with E-state index in [0.29, 0.717) is 12.1 Å². The van der Waals surface area contributed by atoms with Gasteiger partial charge in [-0.1, -0.05) is 13.3 Å². The first-order valence-corrected chi connectivity index (χ1v) is 5.79. The van der Waals surface area contributed by atoms with Crippen LogP contribution in [-0.2, 0) is 0 Å². The Morgan fingerprint density at radius 3 is 3.00 bits per heavy atom. The van der Waals surface area contributed by atoms with Crippen molar-refractivity contribution in [3.63, 3.8) is 0 Å². The highest BCUT2D eigenvalue weighted by molar-refractivity contribution is 14.1. The molecule has 5 heteroatoms. The summed E-state index contributed by atoms with van der Waals surface area (Å²) < 4.78 is 0.974. The van der Waals surface area contributed by atoms with Crippen LogP contribution in [0.1, 0.15) is 30.3 Å². The summed E-state index contributed by atoms with van der Waals surface area (Å²) in [7, 11) is 0. The van der Waals surface area contributed by atoms with E-state index in [-0.39, 0.29) is 5.91 Å². The molecule has 0 spiro atoms. The van der Waals surface area contributed by atoms with Gasteiger partial charge in [0.15, 0.2) is 0 Å². The third-order valence-corrected chi connectivity index (χ3v) is 2.55. The molecule has 1 unspecified atom stereocenters. The maximum absolute atomic E-state index is 11.6. The van der Waals surface area contributed by atoms with Crippen molar-refractivity contribution in [2.45, 2.75) is 25.8 Å². The van der Waals surface area contributed by atoms with Crippen molar-refractivity contribution in [1.29, 1.82) is 5.26 Å². The van der Waals surface area contributed by atoms with E-state index in [0.717, 1.165) is 9.99 Å². The van der Waals surface area contributed by atoms with Crippen molar-refractivity contribution >= 4 is 28.5 Å². The Hall–Kier alpha value is -1.03. The number of nitrogens with zero attached hydrogens (tertiary/aromatic N) is 1. The Kier molecular flexibility index (Phi) is 4.62. The van der Waals surface area contributed by atoms with Crippen LogP contribution in [0.4, 0.5) is 0 Å². The number of carbonyl (C=O) groups is 1. The molecule has 1 amide bonds. The van der Waals surface area contributed by atoms with Gasteiger partial charge in [-0.3, -0.25) is 4.79 Å². The number of aromatic nitrogens is 1. The lowest BCUT2D eigenvalue weighted by Gasteiger charge is -2.08. The number of carbonyl (C=O) groups excluding carboxylic acids is 1. The van der Waals surface area contributed by atoms with Crippen LogP contribution in [0.15, 0.2) is 12.3 Å². The first-order chi connectivity index (χ1) is 7.17. The van der Waals surface area contributed by atoms with Crippen LogP contribution < -0.4 is 5.32 Å². The minimum absolute atomic E-state index is 0.224. The molecule has 0 saturated heterocycles. The standard InChI is InChI=1S/C10H12IN3O/c1-2-3-8(5-12)14-10(15)9-4-7(11)6-13-9/h4,6,8,13H,2-3H2,1H3,(H,14,15). The van der Waals surface area contributed by atoms with Gasteiger partial charge in [0.2, 0.25) is 0 Å². The van der Waals surface area contributed by atoms with E-state index in [1.165, 1.54) is 0 Å². The van der Waals surface area contributed by atoms with Crippen molar-refractivity contribution in [2.24, 2.45) is 0 Å². The molecule has 0 fully saturated rings. The summed E-state index contributed by atoms with van der Waals surface area (Å²) >= 11 is 2.12.